The van der Waals surface area contributed by atoms with Crippen LogP contribution in [0.1, 0.15) is 16.7 Å². The van der Waals surface area contributed by atoms with Crippen LogP contribution in [0.4, 0.5) is 32.0 Å². The molecule has 0 aliphatic carbocycles. The van der Waals surface area contributed by atoms with Crippen LogP contribution in [-0.2, 0) is 18.9 Å². The third-order valence-corrected chi connectivity index (χ3v) is 4.28. The lowest BCUT2D eigenvalue weighted by molar-refractivity contribution is -0.162. The zero-order valence-corrected chi connectivity index (χ0v) is 14.8. The summed E-state index contributed by atoms with van der Waals surface area (Å²) in [7, 11) is 0. The average Bonchev–Trinajstić information content (AvgIpc) is 3.33. The molecule has 6 nitrogen and oxygen atoms in total. The summed E-state index contributed by atoms with van der Waals surface area (Å²) in [5, 5.41) is 16.8. The van der Waals surface area contributed by atoms with Crippen molar-refractivity contribution in [2.45, 2.75) is 18.9 Å². The van der Waals surface area contributed by atoms with E-state index in [1.807, 2.05) is 0 Å². The van der Waals surface area contributed by atoms with E-state index in [2.05, 4.69) is 25.9 Å². The fourth-order valence-electron chi connectivity index (χ4n) is 2.90. The summed E-state index contributed by atoms with van der Waals surface area (Å²) in [5.74, 6) is 0.636. The van der Waals surface area contributed by atoms with Crippen LogP contribution in [0.25, 0.3) is 22.6 Å². The van der Waals surface area contributed by atoms with Gasteiger partial charge in [0.2, 0.25) is 5.82 Å². The van der Waals surface area contributed by atoms with Gasteiger partial charge in [-0.25, -0.2) is 0 Å². The summed E-state index contributed by atoms with van der Waals surface area (Å²) >= 11 is 0. The van der Waals surface area contributed by atoms with Crippen LogP contribution in [0.15, 0.2) is 46.9 Å². The van der Waals surface area contributed by atoms with Crippen molar-refractivity contribution in [3.05, 3.63) is 59.2 Å². The molecule has 4 aromatic rings. The minimum absolute atomic E-state index is 0.0663. The Balaban J connectivity index is 1.56. The summed E-state index contributed by atoms with van der Waals surface area (Å²) in [6.45, 7) is 0.0663. The van der Waals surface area contributed by atoms with Crippen LogP contribution < -0.4 is 5.32 Å². The fourth-order valence-corrected chi connectivity index (χ4v) is 2.90. The number of aromatic nitrogens is 4. The van der Waals surface area contributed by atoms with Crippen molar-refractivity contribution >= 4 is 16.7 Å². The molecule has 4 rings (SSSR count). The first-order valence-electron chi connectivity index (χ1n) is 8.40. The maximum Gasteiger partial charge on any atom is 0.417 e. The van der Waals surface area contributed by atoms with E-state index in [4.69, 9.17) is 4.42 Å². The maximum atomic E-state index is 13.1. The molecule has 0 atom stereocenters. The van der Waals surface area contributed by atoms with Crippen LogP contribution in [0.3, 0.4) is 0 Å². The summed E-state index contributed by atoms with van der Waals surface area (Å²) in [5.41, 5.74) is -2.44. The Hall–Kier alpha value is -3.57. The highest BCUT2D eigenvalue weighted by molar-refractivity contribution is 5.82. The number of tetrazole rings is 1. The molecule has 0 amide bonds. The third-order valence-electron chi connectivity index (χ3n) is 4.28. The second-order valence-corrected chi connectivity index (χ2v) is 6.33. The summed E-state index contributed by atoms with van der Waals surface area (Å²) < 4.78 is 83.4. The van der Waals surface area contributed by atoms with Crippen LogP contribution in [0.5, 0.6) is 0 Å². The lowest BCUT2D eigenvalue weighted by atomic mass is 10.1. The molecule has 0 saturated heterocycles. The molecule has 2 heterocycles. The number of rotatable bonds is 4. The Morgan fingerprint density at radius 3 is 2.33 bits per heavy atom. The number of nitrogens with one attached hydrogen (secondary N) is 2. The molecular weight excluding hydrogens is 416 g/mol. The number of aromatic amines is 1. The number of halogens is 6. The van der Waals surface area contributed by atoms with Crippen LogP contribution in [0.2, 0.25) is 0 Å². The number of alkyl halides is 6. The molecule has 0 radical (unpaired) electrons. The van der Waals surface area contributed by atoms with Gasteiger partial charge in [0, 0.05) is 17.6 Å². The monoisotopic (exact) mass is 427 g/mol. The highest BCUT2D eigenvalue weighted by Crippen LogP contribution is 2.41. The van der Waals surface area contributed by atoms with Gasteiger partial charge in [-0.05, 0) is 41.1 Å². The normalized spacial score (nSPS) is 12.5. The number of anilines is 1. The maximum absolute atomic E-state index is 13.1. The van der Waals surface area contributed by atoms with E-state index >= 15 is 0 Å². The van der Waals surface area contributed by atoms with Gasteiger partial charge in [0.05, 0.1) is 11.1 Å². The van der Waals surface area contributed by atoms with Gasteiger partial charge >= 0.3 is 12.4 Å². The smallest absolute Gasteiger partial charge is 0.417 e. The van der Waals surface area contributed by atoms with Gasteiger partial charge < -0.3 is 9.73 Å². The lowest BCUT2D eigenvalue weighted by Crippen LogP contribution is -2.17. The largest absolute Gasteiger partial charge is 0.453 e. The molecule has 0 spiro atoms. The van der Waals surface area contributed by atoms with E-state index in [0.717, 1.165) is 11.5 Å². The predicted molar refractivity (Wildman–Crippen MR) is 93.2 cm³/mol. The lowest BCUT2D eigenvalue weighted by Gasteiger charge is -2.17. The predicted octanol–water partition coefficient (Wildman–Crippen LogP) is 5.26. The standard InChI is InChI=1S/C18H11F6N5O/c19-17(20,21)12-4-3-11(7-13(12)18(22,23)24)25-8-9-1-2-10-6-15(30-14(10)5-9)16-26-28-29-27-16/h1-7,25H,8H2,(H,26,27,28,29). The van der Waals surface area contributed by atoms with Crippen LogP contribution in [-0.4, -0.2) is 20.6 Å². The SMILES string of the molecule is FC(F)(F)c1ccc(NCc2ccc3cc(-c4nn[nH]n4)oc3c2)cc1C(F)(F)F. The highest BCUT2D eigenvalue weighted by atomic mass is 19.4. The minimum Gasteiger partial charge on any atom is -0.453 e. The van der Waals surface area contributed by atoms with Gasteiger partial charge in [0.15, 0.2) is 5.76 Å². The molecule has 0 aliphatic rings. The van der Waals surface area contributed by atoms with Crippen LogP contribution >= 0.6 is 0 Å². The topological polar surface area (TPSA) is 79.6 Å². The summed E-state index contributed by atoms with van der Waals surface area (Å²) in [6, 6.07) is 8.61. The highest BCUT2D eigenvalue weighted by Gasteiger charge is 2.43. The first-order chi connectivity index (χ1) is 14.1. The number of fused-ring (bicyclic) bond motifs is 1. The van der Waals surface area contributed by atoms with E-state index in [9.17, 15) is 26.3 Å². The first kappa shape index (κ1) is 19.7. The van der Waals surface area contributed by atoms with Gasteiger partial charge in [0.1, 0.15) is 5.58 Å². The van der Waals surface area contributed by atoms with Gasteiger partial charge in [-0.1, -0.05) is 12.1 Å². The first-order valence-corrected chi connectivity index (χ1v) is 8.40. The van der Waals surface area contributed by atoms with Gasteiger partial charge in [0.25, 0.3) is 0 Å². The Morgan fingerprint density at radius 1 is 0.900 bits per heavy atom. The van der Waals surface area contributed by atoms with E-state index in [-0.39, 0.29) is 18.1 Å². The molecule has 2 aromatic heterocycles. The van der Waals surface area contributed by atoms with Gasteiger partial charge in [-0.15, -0.1) is 10.2 Å². The zero-order chi connectivity index (χ0) is 21.5. The van der Waals surface area contributed by atoms with Crippen LogP contribution in [0, 0.1) is 0 Å². The molecule has 0 saturated carbocycles. The molecule has 30 heavy (non-hydrogen) atoms. The molecular formula is C18H11F6N5O. The third kappa shape index (κ3) is 3.93. The molecule has 0 aliphatic heterocycles. The Labute approximate surface area is 163 Å². The van der Waals surface area contributed by atoms with Gasteiger partial charge in [-0.3, -0.25) is 0 Å². The van der Waals surface area contributed by atoms with Crippen molar-refractivity contribution in [1.82, 2.24) is 20.6 Å². The van der Waals surface area contributed by atoms with Crippen molar-refractivity contribution in [3.63, 3.8) is 0 Å². The van der Waals surface area contributed by atoms with Crippen molar-refractivity contribution in [1.29, 1.82) is 0 Å². The minimum atomic E-state index is -5.14. The zero-order valence-electron chi connectivity index (χ0n) is 14.8. The number of furan rings is 1. The van der Waals surface area contributed by atoms with E-state index in [1.54, 1.807) is 24.3 Å². The Kier molecular flexibility index (Phi) is 4.63. The number of hydrogen-bond acceptors (Lipinski definition) is 5. The molecule has 2 aromatic carbocycles. The Bertz CT molecular complexity index is 1180. The van der Waals surface area contributed by atoms with Gasteiger partial charge in [-0.2, -0.15) is 31.6 Å². The molecule has 156 valence electrons. The fraction of sp³-hybridized carbons (Fsp3) is 0.167. The van der Waals surface area contributed by atoms with Crippen molar-refractivity contribution < 1.29 is 30.8 Å². The molecule has 0 unspecified atom stereocenters. The second kappa shape index (κ2) is 7.04. The van der Waals surface area contributed by atoms with E-state index in [1.165, 1.54) is 0 Å². The van der Waals surface area contributed by atoms with E-state index < -0.39 is 23.5 Å². The summed E-state index contributed by atoms with van der Waals surface area (Å²) in [4.78, 5) is 0. The summed E-state index contributed by atoms with van der Waals surface area (Å²) in [6.07, 6.45) is -10.2. The molecule has 0 fully saturated rings. The van der Waals surface area contributed by atoms with Crippen molar-refractivity contribution in [2.75, 3.05) is 5.32 Å². The Morgan fingerprint density at radius 2 is 1.67 bits per heavy atom. The second-order valence-electron chi connectivity index (χ2n) is 6.33. The number of hydrogen-bond donors (Lipinski definition) is 2. The molecule has 2 N–H and O–H groups in total. The van der Waals surface area contributed by atoms with Crippen molar-refractivity contribution in [3.8, 4) is 11.6 Å². The van der Waals surface area contributed by atoms with E-state index in [0.29, 0.717) is 29.0 Å². The number of H-pyrrole nitrogens is 1. The molecule has 0 bridgehead atoms. The quantitative estimate of drug-likeness (QED) is 0.434. The molecule has 12 heteroatoms. The van der Waals surface area contributed by atoms with Crippen molar-refractivity contribution in [2.24, 2.45) is 0 Å². The number of benzene rings is 2. The number of nitrogens with zero attached hydrogens (tertiary/aromatic N) is 3. The average molecular weight is 427 g/mol.